The van der Waals surface area contributed by atoms with Crippen LogP contribution in [0.4, 0.5) is 11.4 Å². The van der Waals surface area contributed by atoms with E-state index in [1.165, 1.54) is 0 Å². The van der Waals surface area contributed by atoms with E-state index in [9.17, 15) is 29.1 Å². The number of carbonyl (C=O) groups is 5. The molecule has 0 radical (unpaired) electrons. The third kappa shape index (κ3) is 8.25. The molecule has 1 unspecified atom stereocenters. The molecular formula is C43H50N8O6S. The van der Waals surface area contributed by atoms with Crippen molar-refractivity contribution < 1.29 is 29.1 Å². The monoisotopic (exact) mass is 806 g/mol. The Hall–Kier alpha value is -5.12. The van der Waals surface area contributed by atoms with E-state index in [2.05, 4.69) is 30.8 Å². The predicted molar refractivity (Wildman–Crippen MR) is 220 cm³/mol. The lowest BCUT2D eigenvalue weighted by molar-refractivity contribution is -0.136. The van der Waals surface area contributed by atoms with Crippen LogP contribution in [0.5, 0.6) is 0 Å². The molecule has 8 rings (SSSR count). The Kier molecular flexibility index (Phi) is 11.1. The highest BCUT2D eigenvalue weighted by molar-refractivity contribution is 7.18. The molecule has 2 saturated heterocycles. The highest BCUT2D eigenvalue weighted by Crippen LogP contribution is 2.42. The van der Waals surface area contributed by atoms with Crippen LogP contribution in [0.3, 0.4) is 0 Å². The van der Waals surface area contributed by atoms with E-state index in [1.54, 1.807) is 56.5 Å². The van der Waals surface area contributed by atoms with Crippen molar-refractivity contribution in [1.29, 1.82) is 0 Å². The lowest BCUT2D eigenvalue weighted by atomic mass is 9.81. The summed E-state index contributed by atoms with van der Waals surface area (Å²) in [5.41, 5.74) is 2.26. The number of likely N-dealkylation sites (tertiary alicyclic amines) is 1. The maximum Gasteiger partial charge on any atom is 0.274 e. The third-order valence-electron chi connectivity index (χ3n) is 12.2. The zero-order valence-electron chi connectivity index (χ0n) is 33.2. The van der Waals surface area contributed by atoms with Gasteiger partial charge < -0.3 is 20.6 Å². The highest BCUT2D eigenvalue weighted by atomic mass is 32.1. The summed E-state index contributed by atoms with van der Waals surface area (Å²) in [7, 11) is 0. The number of aromatic nitrogens is 3. The molecule has 0 bridgehead atoms. The smallest absolute Gasteiger partial charge is 0.274 e. The second kappa shape index (κ2) is 16.3. The van der Waals surface area contributed by atoms with Crippen LogP contribution in [-0.2, 0) is 15.2 Å². The summed E-state index contributed by atoms with van der Waals surface area (Å²) in [5.74, 6) is -0.230. The molecule has 58 heavy (non-hydrogen) atoms. The molecule has 1 atom stereocenters. The number of amides is 5. The number of anilines is 2. The average Bonchev–Trinajstić information content (AvgIpc) is 3.73. The van der Waals surface area contributed by atoms with E-state index in [0.29, 0.717) is 52.6 Å². The Morgan fingerprint density at radius 3 is 2.45 bits per heavy atom. The zero-order valence-corrected chi connectivity index (χ0v) is 34.0. The van der Waals surface area contributed by atoms with Crippen LogP contribution in [0.1, 0.15) is 125 Å². The molecule has 1 saturated carbocycles. The minimum absolute atomic E-state index is 0.0892. The molecule has 14 nitrogen and oxygen atoms in total. The second-order valence-electron chi connectivity index (χ2n) is 16.8. The molecule has 1 aliphatic carbocycles. The second-order valence-corrected chi connectivity index (χ2v) is 17.8. The van der Waals surface area contributed by atoms with E-state index in [-0.39, 0.29) is 30.0 Å². The van der Waals surface area contributed by atoms with Crippen molar-refractivity contribution in [3.05, 3.63) is 75.8 Å². The Morgan fingerprint density at radius 2 is 1.72 bits per heavy atom. The number of benzene rings is 2. The quantitative estimate of drug-likeness (QED) is 0.135. The summed E-state index contributed by atoms with van der Waals surface area (Å²) in [6.45, 7) is 9.07. The van der Waals surface area contributed by atoms with Gasteiger partial charge in [-0.3, -0.25) is 34.2 Å². The Bertz CT molecular complexity index is 2270. The number of aryl methyl sites for hydroxylation is 1. The maximum absolute atomic E-state index is 13.4. The van der Waals surface area contributed by atoms with E-state index < -0.39 is 35.3 Å². The van der Waals surface area contributed by atoms with Crippen LogP contribution in [0.15, 0.2) is 42.6 Å². The van der Waals surface area contributed by atoms with Crippen molar-refractivity contribution in [3.8, 4) is 0 Å². The molecule has 2 aromatic heterocycles. The number of rotatable bonds is 11. The number of fused-ring (bicyclic) bond motifs is 2. The van der Waals surface area contributed by atoms with Gasteiger partial charge in [-0.15, -0.1) is 11.3 Å². The van der Waals surface area contributed by atoms with Gasteiger partial charge in [0.05, 0.1) is 32.0 Å². The minimum Gasteiger partial charge on any atom is -0.386 e. The summed E-state index contributed by atoms with van der Waals surface area (Å²) in [6.07, 6.45) is 9.45. The zero-order chi connectivity index (χ0) is 40.7. The molecular weight excluding hydrogens is 757 g/mol. The lowest BCUT2D eigenvalue weighted by Gasteiger charge is -2.36. The van der Waals surface area contributed by atoms with Crippen LogP contribution < -0.4 is 16.0 Å². The Balaban J connectivity index is 0.805. The number of nitrogens with zero attached hydrogens (tertiary/aromatic N) is 5. The summed E-state index contributed by atoms with van der Waals surface area (Å²) in [6, 6.07) is 9.60. The summed E-state index contributed by atoms with van der Waals surface area (Å²) < 4.78 is 0.977. The summed E-state index contributed by atoms with van der Waals surface area (Å²) in [4.78, 5) is 80.9. The van der Waals surface area contributed by atoms with Gasteiger partial charge in [-0.25, -0.2) is 15.0 Å². The van der Waals surface area contributed by atoms with E-state index >= 15 is 0 Å². The van der Waals surface area contributed by atoms with E-state index in [0.717, 1.165) is 84.7 Å². The van der Waals surface area contributed by atoms with Crippen LogP contribution in [0.25, 0.3) is 10.2 Å². The van der Waals surface area contributed by atoms with Crippen molar-refractivity contribution in [2.24, 2.45) is 11.8 Å². The first kappa shape index (κ1) is 39.7. The number of aliphatic hydroxyl groups is 1. The number of hydrogen-bond donors (Lipinski definition) is 4. The molecule has 15 heteroatoms. The molecule has 0 spiro atoms. The number of nitrogens with one attached hydrogen (secondary N) is 3. The fourth-order valence-corrected chi connectivity index (χ4v) is 10.2. The highest BCUT2D eigenvalue weighted by Gasteiger charge is 2.45. The predicted octanol–water partition coefficient (Wildman–Crippen LogP) is 5.76. The molecule has 5 heterocycles. The molecule has 4 aromatic rings. The van der Waals surface area contributed by atoms with Gasteiger partial charge in [0.25, 0.3) is 17.7 Å². The van der Waals surface area contributed by atoms with Gasteiger partial charge in [-0.05, 0) is 127 Å². The number of thiazole rings is 1. The van der Waals surface area contributed by atoms with Gasteiger partial charge in [0.15, 0.2) is 0 Å². The molecule has 304 valence electrons. The van der Waals surface area contributed by atoms with Gasteiger partial charge >= 0.3 is 0 Å². The van der Waals surface area contributed by atoms with Crippen molar-refractivity contribution in [2.45, 2.75) is 96.1 Å². The topological polar surface area (TPSA) is 187 Å². The van der Waals surface area contributed by atoms with Gasteiger partial charge in [0.1, 0.15) is 17.6 Å². The largest absolute Gasteiger partial charge is 0.386 e. The SMILES string of the molecule is Cc1nccc(C(=O)Nc2cc3sc(C4CCC(CN5CCC(CCNc6cccc7c6C(=O)N(C6CCC(=O)NC6=O)C7=O)CC5)CC4)nc3cc2C(C)(C)O)n1. The fraction of sp³-hybridized carbons (Fsp3) is 0.488. The molecule has 4 N–H and O–H groups in total. The summed E-state index contributed by atoms with van der Waals surface area (Å²) in [5, 5.41) is 20.8. The van der Waals surface area contributed by atoms with Crippen molar-refractivity contribution >= 4 is 62.5 Å². The molecule has 3 aliphatic heterocycles. The molecule has 4 aliphatic rings. The van der Waals surface area contributed by atoms with Gasteiger partial charge in [-0.2, -0.15) is 0 Å². The standard InChI is InChI=1S/C43H50N8O6S/c1-24-44-18-14-31(46-24)38(53)47-32-22-35-33(21-29(32)43(2,3)57)48-40(58-35)27-9-7-26(8-10-27)23-50-19-15-25(16-20-50)13-17-45-30-6-4-5-28-37(30)42(56)51(41(28)55)34-11-12-36(52)49-39(34)54/h4-6,14,18,21-22,25-27,34,45,57H,7-13,15-17,19-20,23H2,1-3H3,(H,47,53)(H,49,52,54). The number of carbonyl (C=O) groups excluding carboxylic acids is 5. The average molecular weight is 807 g/mol. The molecule has 2 aromatic carbocycles. The first-order valence-corrected chi connectivity index (χ1v) is 21.2. The van der Waals surface area contributed by atoms with Gasteiger partial charge in [0, 0.05) is 48.6 Å². The van der Waals surface area contributed by atoms with Crippen molar-refractivity contribution in [2.75, 3.05) is 36.8 Å². The van der Waals surface area contributed by atoms with Crippen LogP contribution in [0.2, 0.25) is 0 Å². The Morgan fingerprint density at radius 1 is 0.948 bits per heavy atom. The number of imide groups is 2. The summed E-state index contributed by atoms with van der Waals surface area (Å²) >= 11 is 1.67. The normalized spacial score (nSPS) is 22.0. The van der Waals surface area contributed by atoms with Crippen LogP contribution in [-0.4, -0.2) is 91.6 Å². The molecule has 3 fully saturated rings. The van der Waals surface area contributed by atoms with E-state index in [4.69, 9.17) is 4.98 Å². The third-order valence-corrected chi connectivity index (χ3v) is 13.4. The lowest BCUT2D eigenvalue weighted by Crippen LogP contribution is -2.54. The van der Waals surface area contributed by atoms with E-state index in [1.807, 2.05) is 18.2 Å². The minimum atomic E-state index is -1.19. The van der Waals surface area contributed by atoms with Crippen molar-refractivity contribution in [1.82, 2.24) is 30.1 Å². The fourth-order valence-electron chi connectivity index (χ4n) is 9.03. The van der Waals surface area contributed by atoms with Gasteiger partial charge in [-0.1, -0.05) is 6.07 Å². The van der Waals surface area contributed by atoms with Gasteiger partial charge in [0.2, 0.25) is 11.8 Å². The first-order chi connectivity index (χ1) is 27.8. The van der Waals surface area contributed by atoms with Crippen molar-refractivity contribution in [3.63, 3.8) is 0 Å². The maximum atomic E-state index is 13.4. The molecule has 5 amide bonds. The van der Waals surface area contributed by atoms with Crippen LogP contribution in [0, 0.1) is 18.8 Å². The first-order valence-electron chi connectivity index (χ1n) is 20.4. The number of hydrogen-bond acceptors (Lipinski definition) is 12. The number of piperidine rings is 2. The Labute approximate surface area is 341 Å². The van der Waals surface area contributed by atoms with Crippen LogP contribution >= 0.6 is 11.3 Å².